The van der Waals surface area contributed by atoms with Crippen molar-refractivity contribution in [3.63, 3.8) is 0 Å². The molecule has 3 heterocycles. The fourth-order valence-corrected chi connectivity index (χ4v) is 3.89. The lowest BCUT2D eigenvalue weighted by atomic mass is 10.0. The number of ketones is 2. The number of carbonyl (C=O) groups is 2. The summed E-state index contributed by atoms with van der Waals surface area (Å²) in [5.41, 5.74) is 1.56. The van der Waals surface area contributed by atoms with E-state index < -0.39 is 0 Å². The standard InChI is InChI=1S/C21H24ClN5O2/c22-15-13-16(19(29)14-18(15)28)24-20-17-7-2-5-12-27(17)25-21(20)23-8-6-11-26-9-3-1-4-10-26/h2,5,7,12-13H,1,3-4,6,8-11,14H2,(H,23,25). The van der Waals surface area contributed by atoms with Crippen molar-refractivity contribution in [2.45, 2.75) is 32.1 Å². The van der Waals surface area contributed by atoms with Crippen LogP contribution in [0.15, 0.2) is 40.5 Å². The van der Waals surface area contributed by atoms with E-state index in [0.29, 0.717) is 11.5 Å². The first kappa shape index (κ1) is 19.8. The zero-order valence-corrected chi connectivity index (χ0v) is 17.0. The number of nitrogens with zero attached hydrogens (tertiary/aromatic N) is 4. The van der Waals surface area contributed by atoms with Gasteiger partial charge in [-0.15, -0.1) is 5.10 Å². The molecule has 0 atom stereocenters. The van der Waals surface area contributed by atoms with Gasteiger partial charge in [0.2, 0.25) is 0 Å². The monoisotopic (exact) mass is 413 g/mol. The van der Waals surface area contributed by atoms with Gasteiger partial charge in [-0.05, 0) is 57.1 Å². The number of carbonyl (C=O) groups excluding carboxylic acids is 2. The lowest BCUT2D eigenvalue weighted by Gasteiger charge is -2.26. The first-order valence-corrected chi connectivity index (χ1v) is 10.5. The largest absolute Gasteiger partial charge is 0.367 e. The van der Waals surface area contributed by atoms with Crippen LogP contribution in [-0.2, 0) is 9.59 Å². The summed E-state index contributed by atoms with van der Waals surface area (Å²) in [5.74, 6) is -0.0751. The molecular weight excluding hydrogens is 390 g/mol. The molecule has 0 bridgehead atoms. The van der Waals surface area contributed by atoms with Gasteiger partial charge in [0.25, 0.3) is 0 Å². The molecule has 1 aliphatic heterocycles. The van der Waals surface area contributed by atoms with E-state index in [2.05, 4.69) is 20.3 Å². The van der Waals surface area contributed by atoms with Crippen molar-refractivity contribution < 1.29 is 9.59 Å². The summed E-state index contributed by atoms with van der Waals surface area (Å²) >= 11 is 5.94. The molecule has 0 saturated carbocycles. The van der Waals surface area contributed by atoms with Gasteiger partial charge in [0.1, 0.15) is 11.4 Å². The number of pyridine rings is 1. The third-order valence-corrected chi connectivity index (χ3v) is 5.59. The molecule has 1 aliphatic carbocycles. The van der Waals surface area contributed by atoms with E-state index in [1.54, 1.807) is 4.52 Å². The van der Waals surface area contributed by atoms with Gasteiger partial charge in [-0.1, -0.05) is 24.1 Å². The number of Topliss-reactive ketones (excluding diaryl/α,β-unsaturated/α-hetero) is 2. The molecule has 2 aromatic heterocycles. The van der Waals surface area contributed by atoms with Gasteiger partial charge in [-0.3, -0.25) is 9.59 Å². The van der Waals surface area contributed by atoms with E-state index in [-0.39, 0.29) is 28.7 Å². The van der Waals surface area contributed by atoms with Gasteiger partial charge < -0.3 is 10.2 Å². The SMILES string of the molecule is O=C1CC(=O)C(=Nc2c(NCCCN3CCCCC3)nn3ccccc23)C=C1Cl. The van der Waals surface area contributed by atoms with Crippen LogP contribution in [0, 0.1) is 0 Å². The van der Waals surface area contributed by atoms with E-state index in [0.717, 1.165) is 25.0 Å². The Kier molecular flexibility index (Phi) is 6.06. The Bertz CT molecular complexity index is 988. The first-order chi connectivity index (χ1) is 14.1. The summed E-state index contributed by atoms with van der Waals surface area (Å²) < 4.78 is 1.73. The van der Waals surface area contributed by atoms with Crippen molar-refractivity contribution in [1.82, 2.24) is 14.5 Å². The fourth-order valence-electron chi connectivity index (χ4n) is 3.72. The van der Waals surface area contributed by atoms with Crippen LogP contribution < -0.4 is 5.32 Å². The van der Waals surface area contributed by atoms with Crippen molar-refractivity contribution in [2.75, 3.05) is 31.5 Å². The summed E-state index contributed by atoms with van der Waals surface area (Å²) in [6.45, 7) is 4.19. The van der Waals surface area contributed by atoms with Gasteiger partial charge in [0, 0.05) is 12.7 Å². The highest BCUT2D eigenvalue weighted by atomic mass is 35.5. The first-order valence-electron chi connectivity index (χ1n) is 10.1. The Hall–Kier alpha value is -2.51. The predicted octanol–water partition coefficient (Wildman–Crippen LogP) is 3.36. The molecule has 0 spiro atoms. The van der Waals surface area contributed by atoms with Crippen LogP contribution >= 0.6 is 11.6 Å². The minimum Gasteiger partial charge on any atom is -0.367 e. The molecule has 7 nitrogen and oxygen atoms in total. The number of likely N-dealkylation sites (tertiary alicyclic amines) is 1. The summed E-state index contributed by atoms with van der Waals surface area (Å²) in [6.07, 6.45) is 7.86. The second-order valence-corrected chi connectivity index (χ2v) is 7.83. The molecule has 1 saturated heterocycles. The molecule has 4 rings (SSSR count). The predicted molar refractivity (Wildman–Crippen MR) is 114 cm³/mol. The molecule has 1 fully saturated rings. The van der Waals surface area contributed by atoms with E-state index in [4.69, 9.17) is 11.6 Å². The number of piperidine rings is 1. The highest BCUT2D eigenvalue weighted by molar-refractivity contribution is 6.57. The Labute approximate surface area is 174 Å². The van der Waals surface area contributed by atoms with Crippen molar-refractivity contribution in [3.05, 3.63) is 35.5 Å². The zero-order valence-electron chi connectivity index (χ0n) is 16.2. The molecule has 0 unspecified atom stereocenters. The molecule has 1 N–H and O–H groups in total. The molecule has 2 aliphatic rings. The number of fused-ring (bicyclic) bond motifs is 1. The van der Waals surface area contributed by atoms with Gasteiger partial charge >= 0.3 is 0 Å². The maximum atomic E-state index is 12.3. The van der Waals surface area contributed by atoms with Crippen molar-refractivity contribution in [3.8, 4) is 0 Å². The maximum absolute atomic E-state index is 12.3. The number of aliphatic imine (C=N–C) groups is 1. The molecule has 152 valence electrons. The number of rotatable bonds is 6. The third-order valence-electron chi connectivity index (χ3n) is 5.28. The number of aromatic nitrogens is 2. The number of hydrogen-bond donors (Lipinski definition) is 1. The summed E-state index contributed by atoms with van der Waals surface area (Å²) in [7, 11) is 0. The zero-order chi connectivity index (χ0) is 20.2. The van der Waals surface area contributed by atoms with Gasteiger partial charge in [-0.2, -0.15) is 0 Å². The normalized spacial score (nSPS) is 19.8. The number of anilines is 1. The van der Waals surface area contributed by atoms with Crippen LogP contribution in [-0.4, -0.2) is 58.0 Å². The second kappa shape index (κ2) is 8.88. The van der Waals surface area contributed by atoms with Gasteiger partial charge in [0.15, 0.2) is 17.4 Å². The van der Waals surface area contributed by atoms with Crippen LogP contribution in [0.25, 0.3) is 5.52 Å². The molecular formula is C21H24ClN5O2. The van der Waals surface area contributed by atoms with Crippen molar-refractivity contribution in [2.24, 2.45) is 4.99 Å². The number of nitrogens with one attached hydrogen (secondary N) is 1. The van der Waals surface area contributed by atoms with Gasteiger partial charge in [0.05, 0.1) is 17.0 Å². The number of allylic oxidation sites excluding steroid dienone is 2. The topological polar surface area (TPSA) is 79.1 Å². The van der Waals surface area contributed by atoms with Crippen molar-refractivity contribution in [1.29, 1.82) is 0 Å². The summed E-state index contributed by atoms with van der Waals surface area (Å²) in [5, 5.41) is 7.98. The molecule has 0 amide bonds. The average Bonchev–Trinajstić information content (AvgIpc) is 3.07. The average molecular weight is 414 g/mol. The molecule has 0 radical (unpaired) electrons. The van der Waals surface area contributed by atoms with Crippen LogP contribution in [0.5, 0.6) is 0 Å². The molecule has 8 heteroatoms. The van der Waals surface area contributed by atoms with E-state index in [1.807, 2.05) is 24.4 Å². The van der Waals surface area contributed by atoms with Crippen LogP contribution in [0.2, 0.25) is 0 Å². The molecule has 29 heavy (non-hydrogen) atoms. The maximum Gasteiger partial charge on any atom is 0.189 e. The summed E-state index contributed by atoms with van der Waals surface area (Å²) in [4.78, 5) is 30.9. The van der Waals surface area contributed by atoms with Gasteiger partial charge in [-0.25, -0.2) is 9.51 Å². The Morgan fingerprint density at radius 1 is 1.14 bits per heavy atom. The van der Waals surface area contributed by atoms with E-state index in [9.17, 15) is 9.59 Å². The summed E-state index contributed by atoms with van der Waals surface area (Å²) in [6, 6.07) is 5.68. The highest BCUT2D eigenvalue weighted by Crippen LogP contribution is 2.31. The van der Waals surface area contributed by atoms with E-state index in [1.165, 1.54) is 38.4 Å². The fraction of sp³-hybridized carbons (Fsp3) is 0.429. The third kappa shape index (κ3) is 4.57. The van der Waals surface area contributed by atoms with Crippen molar-refractivity contribution >= 4 is 45.9 Å². The Morgan fingerprint density at radius 3 is 2.79 bits per heavy atom. The minimum atomic E-state index is -0.369. The van der Waals surface area contributed by atoms with Crippen LogP contribution in [0.3, 0.4) is 0 Å². The second-order valence-electron chi connectivity index (χ2n) is 7.42. The smallest absolute Gasteiger partial charge is 0.189 e. The van der Waals surface area contributed by atoms with Crippen LogP contribution in [0.1, 0.15) is 32.1 Å². The molecule has 0 aromatic carbocycles. The quantitative estimate of drug-likeness (QED) is 0.580. The lowest BCUT2D eigenvalue weighted by molar-refractivity contribution is -0.121. The van der Waals surface area contributed by atoms with E-state index >= 15 is 0 Å². The number of hydrogen-bond acceptors (Lipinski definition) is 6. The number of halogens is 1. The lowest BCUT2D eigenvalue weighted by Crippen LogP contribution is -2.31. The Balaban J connectivity index is 1.54. The molecule has 2 aromatic rings. The minimum absolute atomic E-state index is 0.0378. The highest BCUT2D eigenvalue weighted by Gasteiger charge is 2.24. The Morgan fingerprint density at radius 2 is 1.97 bits per heavy atom. The van der Waals surface area contributed by atoms with Crippen LogP contribution in [0.4, 0.5) is 11.5 Å².